The quantitative estimate of drug-likeness (QED) is 0.554. The van der Waals surface area contributed by atoms with Crippen molar-refractivity contribution in [2.75, 3.05) is 18.0 Å². The van der Waals surface area contributed by atoms with E-state index in [1.165, 1.54) is 5.56 Å². The van der Waals surface area contributed by atoms with Gasteiger partial charge in [-0.25, -0.2) is 4.98 Å². The summed E-state index contributed by atoms with van der Waals surface area (Å²) in [6.45, 7) is 2.63. The Morgan fingerprint density at radius 1 is 1.11 bits per heavy atom. The van der Waals surface area contributed by atoms with E-state index in [0.29, 0.717) is 11.9 Å². The molecule has 0 amide bonds. The van der Waals surface area contributed by atoms with E-state index in [2.05, 4.69) is 36.7 Å². The summed E-state index contributed by atoms with van der Waals surface area (Å²) in [5, 5.41) is 0. The molecular formula is C21H21N5O. The summed E-state index contributed by atoms with van der Waals surface area (Å²) in [6, 6.07) is 12.7. The van der Waals surface area contributed by atoms with Gasteiger partial charge in [0.1, 0.15) is 11.3 Å². The highest BCUT2D eigenvalue weighted by atomic mass is 16.4. The zero-order valence-electron chi connectivity index (χ0n) is 15.0. The van der Waals surface area contributed by atoms with Gasteiger partial charge < -0.3 is 13.9 Å². The first-order valence-electron chi connectivity index (χ1n) is 9.37. The number of rotatable bonds is 4. The number of fused-ring (bicyclic) bond motifs is 1. The minimum atomic E-state index is 0.362. The first-order chi connectivity index (χ1) is 13.4. The Balaban J connectivity index is 1.38. The number of hydrogen-bond acceptors (Lipinski definition) is 5. The van der Waals surface area contributed by atoms with Crippen LogP contribution in [0, 0.1) is 0 Å². The number of imidazole rings is 1. The van der Waals surface area contributed by atoms with Gasteiger partial charge in [-0.2, -0.15) is 4.98 Å². The molecule has 0 unspecified atom stereocenters. The number of anilines is 1. The third-order valence-electron chi connectivity index (χ3n) is 5.16. The van der Waals surface area contributed by atoms with Gasteiger partial charge >= 0.3 is 0 Å². The predicted molar refractivity (Wildman–Crippen MR) is 104 cm³/mol. The van der Waals surface area contributed by atoms with Crippen molar-refractivity contribution in [1.82, 2.24) is 19.5 Å². The van der Waals surface area contributed by atoms with Gasteiger partial charge in [0.2, 0.25) is 0 Å². The average Bonchev–Trinajstić information content (AvgIpc) is 3.36. The van der Waals surface area contributed by atoms with Gasteiger partial charge in [0.25, 0.3) is 6.01 Å². The fourth-order valence-corrected chi connectivity index (χ4v) is 3.86. The zero-order chi connectivity index (χ0) is 18.1. The monoisotopic (exact) mass is 359 g/mol. The van der Waals surface area contributed by atoms with Gasteiger partial charge in [-0.1, -0.05) is 18.2 Å². The van der Waals surface area contributed by atoms with Crippen LogP contribution in [0.3, 0.4) is 0 Å². The lowest BCUT2D eigenvalue weighted by Gasteiger charge is -2.31. The van der Waals surface area contributed by atoms with Crippen molar-refractivity contribution in [1.29, 1.82) is 0 Å². The summed E-state index contributed by atoms with van der Waals surface area (Å²) >= 11 is 0. The van der Waals surface area contributed by atoms with E-state index in [1.54, 1.807) is 6.20 Å². The minimum absolute atomic E-state index is 0.362. The summed E-state index contributed by atoms with van der Waals surface area (Å²) in [5.74, 6) is 1.49. The van der Waals surface area contributed by atoms with Crippen molar-refractivity contribution < 1.29 is 4.42 Å². The molecule has 3 aromatic heterocycles. The van der Waals surface area contributed by atoms with Crippen LogP contribution in [0.1, 0.15) is 30.1 Å². The summed E-state index contributed by atoms with van der Waals surface area (Å²) in [4.78, 5) is 15.8. The smallest absolute Gasteiger partial charge is 0.298 e. The molecule has 4 aromatic rings. The van der Waals surface area contributed by atoms with Crippen molar-refractivity contribution in [2.45, 2.75) is 25.3 Å². The molecule has 1 saturated heterocycles. The molecule has 0 radical (unpaired) electrons. The van der Waals surface area contributed by atoms with Crippen molar-refractivity contribution in [3.8, 4) is 0 Å². The molecule has 5 rings (SSSR count). The normalized spacial score (nSPS) is 17.5. The fraction of sp³-hybridized carbons (Fsp3) is 0.286. The van der Waals surface area contributed by atoms with Crippen molar-refractivity contribution >= 4 is 17.1 Å². The molecule has 6 nitrogen and oxygen atoms in total. The van der Waals surface area contributed by atoms with Crippen LogP contribution in [0.25, 0.3) is 11.1 Å². The first-order valence-corrected chi connectivity index (χ1v) is 9.37. The molecule has 1 aliphatic rings. The SMILES string of the molecule is c1cncc(Cn2ccnc2[C@H]2CCCN(c3nc4ccccc4o3)C2)c1. The molecule has 136 valence electrons. The van der Waals surface area contributed by atoms with E-state index < -0.39 is 0 Å². The molecule has 0 saturated carbocycles. The molecule has 6 heteroatoms. The zero-order valence-corrected chi connectivity index (χ0v) is 15.0. The Bertz CT molecular complexity index is 1010. The van der Waals surface area contributed by atoms with E-state index in [9.17, 15) is 0 Å². The Kier molecular flexibility index (Phi) is 4.08. The van der Waals surface area contributed by atoms with Crippen molar-refractivity contribution in [2.24, 2.45) is 0 Å². The molecule has 1 aliphatic heterocycles. The van der Waals surface area contributed by atoms with Gasteiger partial charge in [0, 0.05) is 43.8 Å². The summed E-state index contributed by atoms with van der Waals surface area (Å²) in [7, 11) is 0. The molecule has 0 bridgehead atoms. The third-order valence-corrected chi connectivity index (χ3v) is 5.16. The van der Waals surface area contributed by atoms with Crippen LogP contribution in [0.5, 0.6) is 0 Å². The molecule has 27 heavy (non-hydrogen) atoms. The van der Waals surface area contributed by atoms with E-state index in [4.69, 9.17) is 4.42 Å². The van der Waals surface area contributed by atoms with Gasteiger partial charge in [-0.05, 0) is 36.6 Å². The van der Waals surface area contributed by atoms with Crippen LogP contribution >= 0.6 is 0 Å². The van der Waals surface area contributed by atoms with E-state index in [1.807, 2.05) is 42.7 Å². The Hall–Kier alpha value is -3.15. The number of oxazole rings is 1. The number of aromatic nitrogens is 4. The second-order valence-corrected chi connectivity index (χ2v) is 7.02. The molecule has 4 heterocycles. The van der Waals surface area contributed by atoms with Crippen LogP contribution in [0.4, 0.5) is 6.01 Å². The maximum Gasteiger partial charge on any atom is 0.298 e. The van der Waals surface area contributed by atoms with Gasteiger partial charge in [0.15, 0.2) is 5.58 Å². The number of para-hydroxylation sites is 2. The van der Waals surface area contributed by atoms with Gasteiger partial charge in [0.05, 0.1) is 6.54 Å². The molecule has 0 spiro atoms. The number of hydrogen-bond donors (Lipinski definition) is 0. The van der Waals surface area contributed by atoms with Gasteiger partial charge in [-0.15, -0.1) is 0 Å². The number of benzene rings is 1. The fourth-order valence-electron chi connectivity index (χ4n) is 3.86. The average molecular weight is 359 g/mol. The topological polar surface area (TPSA) is 60.0 Å². The van der Waals surface area contributed by atoms with Crippen molar-refractivity contribution in [3.63, 3.8) is 0 Å². The highest BCUT2D eigenvalue weighted by molar-refractivity contribution is 5.74. The number of piperidine rings is 1. The lowest BCUT2D eigenvalue weighted by molar-refractivity contribution is 0.447. The maximum absolute atomic E-state index is 5.98. The van der Waals surface area contributed by atoms with Crippen LogP contribution < -0.4 is 4.90 Å². The predicted octanol–water partition coefficient (Wildman–Crippen LogP) is 3.85. The molecule has 1 atom stereocenters. The summed E-state index contributed by atoms with van der Waals surface area (Å²) < 4.78 is 8.21. The van der Waals surface area contributed by atoms with E-state index >= 15 is 0 Å². The van der Waals surface area contributed by atoms with Crippen LogP contribution in [0.2, 0.25) is 0 Å². The van der Waals surface area contributed by atoms with Crippen LogP contribution in [0.15, 0.2) is 65.6 Å². The highest BCUT2D eigenvalue weighted by Crippen LogP contribution is 2.30. The highest BCUT2D eigenvalue weighted by Gasteiger charge is 2.27. The second kappa shape index (κ2) is 6.87. The molecular weight excluding hydrogens is 338 g/mol. The first kappa shape index (κ1) is 16.1. The van der Waals surface area contributed by atoms with Gasteiger partial charge in [-0.3, -0.25) is 4.98 Å². The van der Waals surface area contributed by atoms with Crippen LogP contribution in [-0.4, -0.2) is 32.6 Å². The summed E-state index contributed by atoms with van der Waals surface area (Å²) in [6.07, 6.45) is 9.89. The Labute approximate surface area is 157 Å². The summed E-state index contributed by atoms with van der Waals surface area (Å²) in [5.41, 5.74) is 2.93. The molecule has 0 aliphatic carbocycles. The molecule has 0 N–H and O–H groups in total. The number of pyridine rings is 1. The Morgan fingerprint density at radius 2 is 2.07 bits per heavy atom. The standard InChI is InChI=1S/C21H21N5O/c1-2-8-19-18(7-1)24-21(27-19)26-11-4-6-17(15-26)20-23-10-12-25(20)14-16-5-3-9-22-13-16/h1-3,5,7-10,12-13,17H,4,6,11,14-15H2/t17-/m0/s1. The third kappa shape index (κ3) is 3.18. The second-order valence-electron chi connectivity index (χ2n) is 7.02. The van der Waals surface area contributed by atoms with Crippen LogP contribution in [-0.2, 0) is 6.54 Å². The van der Waals surface area contributed by atoms with E-state index in [-0.39, 0.29) is 0 Å². The Morgan fingerprint density at radius 3 is 2.96 bits per heavy atom. The maximum atomic E-state index is 5.98. The minimum Gasteiger partial charge on any atom is -0.423 e. The number of nitrogens with zero attached hydrogens (tertiary/aromatic N) is 5. The van der Waals surface area contributed by atoms with E-state index in [0.717, 1.165) is 49.4 Å². The lowest BCUT2D eigenvalue weighted by Crippen LogP contribution is -2.35. The molecule has 1 aromatic carbocycles. The lowest BCUT2D eigenvalue weighted by atomic mass is 9.97. The van der Waals surface area contributed by atoms with Crippen molar-refractivity contribution in [3.05, 3.63) is 72.6 Å². The molecule has 1 fully saturated rings. The largest absolute Gasteiger partial charge is 0.423 e.